The highest BCUT2D eigenvalue weighted by molar-refractivity contribution is 9.10. The summed E-state index contributed by atoms with van der Waals surface area (Å²) in [7, 11) is 0. The summed E-state index contributed by atoms with van der Waals surface area (Å²) < 4.78 is 1.02. The van der Waals surface area contributed by atoms with E-state index in [1.54, 1.807) is 0 Å². The van der Waals surface area contributed by atoms with Crippen molar-refractivity contribution in [1.29, 1.82) is 0 Å². The van der Waals surface area contributed by atoms with Crippen molar-refractivity contribution < 1.29 is 0 Å². The molecule has 2 heterocycles. The molecule has 1 aromatic heterocycles. The van der Waals surface area contributed by atoms with Gasteiger partial charge in [-0.3, -0.25) is 9.88 Å². The molecule has 0 radical (unpaired) electrons. The van der Waals surface area contributed by atoms with E-state index in [4.69, 9.17) is 5.73 Å². The highest BCUT2D eigenvalue weighted by atomic mass is 79.9. The van der Waals surface area contributed by atoms with Gasteiger partial charge in [0.05, 0.1) is 0 Å². The van der Waals surface area contributed by atoms with Crippen molar-refractivity contribution in [3.05, 3.63) is 28.5 Å². The van der Waals surface area contributed by atoms with Crippen LogP contribution in [0.2, 0.25) is 0 Å². The summed E-state index contributed by atoms with van der Waals surface area (Å²) in [5.74, 6) is 1.51. The Morgan fingerprint density at radius 3 is 2.61 bits per heavy atom. The number of likely N-dealkylation sites (tertiary alicyclic amines) is 1. The minimum atomic E-state index is 0.292. The fourth-order valence-electron chi connectivity index (χ4n) is 3.07. The maximum atomic E-state index is 5.99. The summed E-state index contributed by atoms with van der Waals surface area (Å²) in [5, 5.41) is 0. The first kappa shape index (κ1) is 14.0. The summed E-state index contributed by atoms with van der Waals surface area (Å²) in [6.45, 7) is 7.58. The minimum absolute atomic E-state index is 0.292. The first-order chi connectivity index (χ1) is 8.60. The zero-order valence-corrected chi connectivity index (χ0v) is 12.7. The monoisotopic (exact) mass is 311 g/mol. The van der Waals surface area contributed by atoms with Gasteiger partial charge >= 0.3 is 0 Å². The molecule has 3 nitrogen and oxygen atoms in total. The molecule has 2 N–H and O–H groups in total. The molecule has 3 atom stereocenters. The summed E-state index contributed by atoms with van der Waals surface area (Å²) >= 11 is 3.49. The Hall–Kier alpha value is -0.450. The van der Waals surface area contributed by atoms with Crippen LogP contribution < -0.4 is 5.73 Å². The zero-order chi connectivity index (χ0) is 13.1. The predicted molar refractivity (Wildman–Crippen MR) is 78.3 cm³/mol. The van der Waals surface area contributed by atoms with Gasteiger partial charge in [-0.25, -0.2) is 0 Å². The Balaban J connectivity index is 2.17. The molecule has 0 spiro atoms. The third-order valence-electron chi connectivity index (χ3n) is 3.67. The fraction of sp³-hybridized carbons (Fsp3) is 0.643. The number of aromatic nitrogens is 1. The zero-order valence-electron chi connectivity index (χ0n) is 11.1. The molecule has 0 aliphatic carbocycles. The first-order valence-electron chi connectivity index (χ1n) is 6.64. The number of halogens is 1. The van der Waals surface area contributed by atoms with Crippen molar-refractivity contribution in [2.24, 2.45) is 17.6 Å². The van der Waals surface area contributed by atoms with Crippen LogP contribution in [0.1, 0.15) is 31.9 Å². The molecule has 0 saturated carbocycles. The van der Waals surface area contributed by atoms with Crippen LogP contribution in [0.4, 0.5) is 0 Å². The molecule has 1 aromatic rings. The maximum Gasteiger partial charge on any atom is 0.0486 e. The summed E-state index contributed by atoms with van der Waals surface area (Å²) in [6.07, 6.45) is 5.08. The average Bonchev–Trinajstić information content (AvgIpc) is 2.28. The quantitative estimate of drug-likeness (QED) is 0.933. The Labute approximate surface area is 118 Å². The van der Waals surface area contributed by atoms with Crippen molar-refractivity contribution in [1.82, 2.24) is 9.88 Å². The molecule has 2 rings (SSSR count). The van der Waals surface area contributed by atoms with Crippen LogP contribution in [0.3, 0.4) is 0 Å². The Bertz CT molecular complexity index is 386. The Morgan fingerprint density at radius 1 is 1.39 bits per heavy atom. The van der Waals surface area contributed by atoms with Gasteiger partial charge in [-0.2, -0.15) is 0 Å². The lowest BCUT2D eigenvalue weighted by Crippen LogP contribution is -2.43. The van der Waals surface area contributed by atoms with Crippen LogP contribution in [0.5, 0.6) is 0 Å². The van der Waals surface area contributed by atoms with E-state index < -0.39 is 0 Å². The smallest absolute Gasteiger partial charge is 0.0486 e. The van der Waals surface area contributed by atoms with Gasteiger partial charge in [0, 0.05) is 42.5 Å². The highest BCUT2D eigenvalue weighted by Crippen LogP contribution is 2.29. The van der Waals surface area contributed by atoms with Crippen LogP contribution in [-0.4, -0.2) is 29.5 Å². The fourth-order valence-corrected chi connectivity index (χ4v) is 3.45. The minimum Gasteiger partial charge on any atom is -0.329 e. The van der Waals surface area contributed by atoms with Crippen molar-refractivity contribution in [2.75, 3.05) is 19.6 Å². The largest absolute Gasteiger partial charge is 0.329 e. The van der Waals surface area contributed by atoms with Crippen molar-refractivity contribution >= 4 is 15.9 Å². The van der Waals surface area contributed by atoms with Gasteiger partial charge in [-0.05, 0) is 45.8 Å². The van der Waals surface area contributed by atoms with Crippen molar-refractivity contribution in [3.63, 3.8) is 0 Å². The molecular formula is C14H22BrN3. The van der Waals surface area contributed by atoms with Gasteiger partial charge in [-0.15, -0.1) is 0 Å². The number of nitrogens with two attached hydrogens (primary N) is 1. The number of rotatable bonds is 3. The normalized spacial score (nSPS) is 27.1. The van der Waals surface area contributed by atoms with Gasteiger partial charge in [0.25, 0.3) is 0 Å². The van der Waals surface area contributed by atoms with Crippen LogP contribution >= 0.6 is 15.9 Å². The standard InChI is InChI=1S/C14H22BrN3/c1-10-3-11(2)9-18(8-10)14(5-16)12-4-13(15)7-17-6-12/h4,6-7,10-11,14H,3,5,8-9,16H2,1-2H3. The number of hydrogen-bond acceptors (Lipinski definition) is 3. The summed E-state index contributed by atoms with van der Waals surface area (Å²) in [4.78, 5) is 6.77. The van der Waals surface area contributed by atoms with E-state index in [1.165, 1.54) is 12.0 Å². The second-order valence-corrected chi connectivity index (χ2v) is 6.50. The SMILES string of the molecule is CC1CC(C)CN(C(CN)c2cncc(Br)c2)C1. The highest BCUT2D eigenvalue weighted by Gasteiger charge is 2.27. The van der Waals surface area contributed by atoms with Crippen molar-refractivity contribution in [3.8, 4) is 0 Å². The van der Waals surface area contributed by atoms with E-state index in [-0.39, 0.29) is 0 Å². The molecule has 1 aliphatic heterocycles. The van der Waals surface area contributed by atoms with Crippen molar-refractivity contribution in [2.45, 2.75) is 26.3 Å². The first-order valence-corrected chi connectivity index (χ1v) is 7.44. The molecule has 0 amide bonds. The molecule has 1 saturated heterocycles. The molecule has 1 fully saturated rings. The predicted octanol–water partition coefficient (Wildman–Crippen LogP) is 2.82. The van der Waals surface area contributed by atoms with Gasteiger partial charge in [0.1, 0.15) is 0 Å². The van der Waals surface area contributed by atoms with Gasteiger partial charge in [0.15, 0.2) is 0 Å². The van der Waals surface area contributed by atoms with Crippen LogP contribution in [0, 0.1) is 11.8 Å². The van der Waals surface area contributed by atoms with Crippen LogP contribution in [0.25, 0.3) is 0 Å². The lowest BCUT2D eigenvalue weighted by Gasteiger charge is -2.39. The number of nitrogens with zero attached hydrogens (tertiary/aromatic N) is 2. The molecule has 1 aliphatic rings. The Morgan fingerprint density at radius 2 is 2.06 bits per heavy atom. The number of piperidine rings is 1. The average molecular weight is 312 g/mol. The third-order valence-corrected chi connectivity index (χ3v) is 4.11. The van der Waals surface area contributed by atoms with E-state index >= 15 is 0 Å². The summed E-state index contributed by atoms with van der Waals surface area (Å²) in [5.41, 5.74) is 7.21. The molecular weight excluding hydrogens is 290 g/mol. The Kier molecular flexibility index (Phi) is 4.76. The van der Waals surface area contributed by atoms with E-state index in [9.17, 15) is 0 Å². The molecule has 0 aromatic carbocycles. The molecule has 100 valence electrons. The molecule has 3 unspecified atom stereocenters. The number of pyridine rings is 1. The topological polar surface area (TPSA) is 42.1 Å². The van der Waals surface area contributed by atoms with E-state index in [1.807, 2.05) is 12.4 Å². The van der Waals surface area contributed by atoms with Gasteiger partial charge < -0.3 is 5.73 Å². The lowest BCUT2D eigenvalue weighted by molar-refractivity contribution is 0.0982. The number of hydrogen-bond donors (Lipinski definition) is 1. The maximum absolute atomic E-state index is 5.99. The van der Waals surface area contributed by atoms with E-state index in [2.05, 4.69) is 45.7 Å². The molecule has 18 heavy (non-hydrogen) atoms. The third kappa shape index (κ3) is 3.31. The van der Waals surface area contributed by atoms with Crippen LogP contribution in [0.15, 0.2) is 22.9 Å². The lowest BCUT2D eigenvalue weighted by atomic mass is 9.90. The van der Waals surface area contributed by atoms with Gasteiger partial charge in [0.2, 0.25) is 0 Å². The van der Waals surface area contributed by atoms with E-state index in [0.717, 1.165) is 29.4 Å². The molecule has 0 bridgehead atoms. The second-order valence-electron chi connectivity index (χ2n) is 5.59. The van der Waals surface area contributed by atoms with Gasteiger partial charge in [-0.1, -0.05) is 13.8 Å². The molecule has 4 heteroatoms. The van der Waals surface area contributed by atoms with Crippen LogP contribution in [-0.2, 0) is 0 Å². The van der Waals surface area contributed by atoms with E-state index in [0.29, 0.717) is 12.6 Å². The second kappa shape index (κ2) is 6.13. The summed E-state index contributed by atoms with van der Waals surface area (Å²) in [6, 6.07) is 2.43.